The molecule has 0 heterocycles. The molecule has 0 spiro atoms. The van der Waals surface area contributed by atoms with E-state index in [1.54, 1.807) is 60.7 Å². The molecular weight excluding hydrogens is 280 g/mol. The van der Waals surface area contributed by atoms with Gasteiger partial charge in [0.05, 0.1) is 0 Å². The van der Waals surface area contributed by atoms with Crippen LogP contribution < -0.4 is 9.99 Å². The van der Waals surface area contributed by atoms with Gasteiger partial charge in [-0.05, 0) is 11.6 Å². The van der Waals surface area contributed by atoms with Crippen molar-refractivity contribution in [2.45, 2.75) is 0 Å². The Morgan fingerprint density at radius 1 is 0.682 bits per heavy atom. The Kier molecular flexibility index (Phi) is 3.68. The van der Waals surface area contributed by atoms with Gasteiger partial charge >= 0.3 is 0 Å². The first kappa shape index (κ1) is 14.0. The van der Waals surface area contributed by atoms with Crippen molar-refractivity contribution >= 4 is 0 Å². The Balaban J connectivity index is 2.25. The lowest BCUT2D eigenvalue weighted by Gasteiger charge is -2.17. The monoisotopic (exact) mass is 293 g/mol. The maximum atomic E-state index is 12.0. The number of hydrogen-bond donors (Lipinski definition) is 2. The summed E-state index contributed by atoms with van der Waals surface area (Å²) in [6.45, 7) is 0. The van der Waals surface area contributed by atoms with Crippen LogP contribution in [0.2, 0.25) is 0 Å². The summed E-state index contributed by atoms with van der Waals surface area (Å²) in [5.74, 6) is 0.0240. The van der Waals surface area contributed by atoms with Crippen LogP contribution in [0.5, 0.6) is 17.2 Å². The largest absolute Gasteiger partial charge is 0.872 e. The fraction of sp³-hybridized carbons (Fsp3) is 0. The van der Waals surface area contributed by atoms with Crippen LogP contribution in [0.15, 0.2) is 66.7 Å². The maximum Gasteiger partial charge on any atom is 0.180 e. The number of hydrogen-bond acceptors (Lipinski definition) is 4. The second kappa shape index (κ2) is 5.79. The van der Waals surface area contributed by atoms with Crippen LogP contribution in [0.25, 0.3) is 22.3 Å². The molecule has 3 aromatic rings. The van der Waals surface area contributed by atoms with Gasteiger partial charge in [0.25, 0.3) is 0 Å². The molecule has 0 aliphatic carbocycles. The highest BCUT2D eigenvalue weighted by molar-refractivity contribution is 5.86. The van der Waals surface area contributed by atoms with Crippen molar-refractivity contribution in [2.75, 3.05) is 0 Å². The topological polar surface area (TPSA) is 72.8 Å². The zero-order valence-electron chi connectivity index (χ0n) is 11.6. The summed E-state index contributed by atoms with van der Waals surface area (Å²) in [5, 5.41) is 31.3. The van der Waals surface area contributed by atoms with Crippen LogP contribution in [0, 0.1) is 0 Å². The molecule has 0 unspecified atom stereocenters. The smallest absolute Gasteiger partial charge is 0.180 e. The summed E-state index contributed by atoms with van der Waals surface area (Å²) in [4.78, 5) is 4.55. The third-order valence-electron chi connectivity index (χ3n) is 3.48. The summed E-state index contributed by atoms with van der Waals surface area (Å²) >= 11 is 0. The van der Waals surface area contributed by atoms with Gasteiger partial charge < -0.3 is 15.1 Å². The number of phenols is 1. The van der Waals surface area contributed by atoms with Gasteiger partial charge in [0.2, 0.25) is 0 Å². The molecule has 110 valence electrons. The van der Waals surface area contributed by atoms with Gasteiger partial charge in [-0.3, -0.25) is 0 Å². The molecule has 3 aromatic carbocycles. The van der Waals surface area contributed by atoms with Gasteiger partial charge in [-0.15, -0.1) is 5.75 Å². The van der Waals surface area contributed by atoms with Crippen LogP contribution in [0.3, 0.4) is 0 Å². The molecule has 0 saturated carbocycles. The lowest BCUT2D eigenvalue weighted by atomic mass is 9.96. The number of benzene rings is 3. The van der Waals surface area contributed by atoms with Crippen molar-refractivity contribution in [1.29, 1.82) is 0 Å². The Hall–Kier alpha value is -2.98. The second-order valence-corrected chi connectivity index (χ2v) is 4.79. The van der Waals surface area contributed by atoms with Crippen molar-refractivity contribution < 1.29 is 20.4 Å². The third kappa shape index (κ3) is 2.36. The van der Waals surface area contributed by atoms with E-state index in [-0.39, 0.29) is 17.2 Å². The van der Waals surface area contributed by atoms with E-state index in [2.05, 4.69) is 4.89 Å². The predicted octanol–water partition coefficient (Wildman–Crippen LogP) is 3.65. The van der Waals surface area contributed by atoms with Crippen LogP contribution in [0.1, 0.15) is 0 Å². The van der Waals surface area contributed by atoms with E-state index >= 15 is 0 Å². The molecule has 0 saturated heterocycles. The van der Waals surface area contributed by atoms with E-state index in [0.717, 1.165) is 0 Å². The number of para-hydroxylation sites is 3. The van der Waals surface area contributed by atoms with E-state index in [1.807, 2.05) is 0 Å². The first-order valence-corrected chi connectivity index (χ1v) is 6.71. The standard InChI is InChI=1S/C18H14O4/c19-16-10-3-1-6-12(16)14-8-5-9-15(18(14)22-21)13-7-2-4-11-17(13)20/h1-11,19-21H/p-1. The zero-order valence-corrected chi connectivity index (χ0v) is 11.6. The summed E-state index contributed by atoms with van der Waals surface area (Å²) < 4.78 is 0. The van der Waals surface area contributed by atoms with Gasteiger partial charge in [0.1, 0.15) is 5.75 Å². The van der Waals surface area contributed by atoms with Crippen molar-refractivity contribution in [3.05, 3.63) is 66.7 Å². The van der Waals surface area contributed by atoms with Crippen molar-refractivity contribution in [3.8, 4) is 39.5 Å². The molecule has 0 fully saturated rings. The van der Waals surface area contributed by atoms with E-state index < -0.39 is 0 Å². The Morgan fingerprint density at radius 3 is 1.86 bits per heavy atom. The summed E-state index contributed by atoms with van der Waals surface area (Å²) in [5.41, 5.74) is 1.90. The first-order valence-electron chi connectivity index (χ1n) is 6.71. The fourth-order valence-corrected chi connectivity index (χ4v) is 2.45. The minimum atomic E-state index is -0.171. The molecule has 0 aliphatic heterocycles. The van der Waals surface area contributed by atoms with Crippen molar-refractivity contribution in [1.82, 2.24) is 0 Å². The molecule has 0 bridgehead atoms. The number of rotatable bonds is 3. The average molecular weight is 293 g/mol. The first-order chi connectivity index (χ1) is 10.7. The molecule has 3 rings (SSSR count). The van der Waals surface area contributed by atoms with E-state index in [4.69, 9.17) is 0 Å². The molecule has 22 heavy (non-hydrogen) atoms. The molecule has 0 atom stereocenters. The molecule has 0 aromatic heterocycles. The fourth-order valence-electron chi connectivity index (χ4n) is 2.45. The van der Waals surface area contributed by atoms with Crippen LogP contribution in [-0.4, -0.2) is 10.4 Å². The van der Waals surface area contributed by atoms with Gasteiger partial charge in [0, 0.05) is 16.7 Å². The Bertz CT molecular complexity index is 748. The minimum Gasteiger partial charge on any atom is -0.872 e. The predicted molar refractivity (Wildman–Crippen MR) is 81.7 cm³/mol. The summed E-state index contributed by atoms with van der Waals surface area (Å²) in [6, 6.07) is 18.4. The van der Waals surface area contributed by atoms with Crippen LogP contribution in [-0.2, 0) is 0 Å². The molecule has 4 nitrogen and oxygen atoms in total. The van der Waals surface area contributed by atoms with Gasteiger partial charge in [-0.1, -0.05) is 60.7 Å². The van der Waals surface area contributed by atoms with Crippen molar-refractivity contribution in [3.63, 3.8) is 0 Å². The lowest BCUT2D eigenvalue weighted by Crippen LogP contribution is -1.96. The zero-order chi connectivity index (χ0) is 15.5. The molecule has 0 amide bonds. The van der Waals surface area contributed by atoms with Gasteiger partial charge in [-0.2, -0.15) is 0 Å². The molecule has 0 aliphatic rings. The SMILES string of the molecule is [O-]c1ccccc1-c1cccc(-c2ccccc2O)c1OO. The Labute approximate surface area is 127 Å². The second-order valence-electron chi connectivity index (χ2n) is 4.79. The van der Waals surface area contributed by atoms with Crippen LogP contribution in [0.4, 0.5) is 0 Å². The third-order valence-corrected chi connectivity index (χ3v) is 3.48. The van der Waals surface area contributed by atoms with E-state index in [1.165, 1.54) is 6.07 Å². The quantitative estimate of drug-likeness (QED) is 0.571. The summed E-state index contributed by atoms with van der Waals surface area (Å²) in [7, 11) is 0. The van der Waals surface area contributed by atoms with E-state index in [0.29, 0.717) is 22.3 Å². The molecule has 0 radical (unpaired) electrons. The summed E-state index contributed by atoms with van der Waals surface area (Å²) in [6.07, 6.45) is 0. The molecule has 4 heteroatoms. The van der Waals surface area contributed by atoms with E-state index in [9.17, 15) is 15.5 Å². The minimum absolute atomic E-state index is 0.0633. The lowest BCUT2D eigenvalue weighted by molar-refractivity contribution is -0.267. The highest BCUT2D eigenvalue weighted by Gasteiger charge is 2.16. The Morgan fingerprint density at radius 2 is 1.23 bits per heavy atom. The number of aromatic hydroxyl groups is 1. The van der Waals surface area contributed by atoms with Gasteiger partial charge in [-0.25, -0.2) is 5.26 Å². The molecular formula is C18H13O4-. The van der Waals surface area contributed by atoms with Gasteiger partial charge in [0.15, 0.2) is 5.75 Å². The maximum absolute atomic E-state index is 12.0. The van der Waals surface area contributed by atoms with Crippen molar-refractivity contribution in [2.24, 2.45) is 0 Å². The normalized spacial score (nSPS) is 10.4. The van der Waals surface area contributed by atoms with Crippen LogP contribution >= 0.6 is 0 Å². The number of phenolic OH excluding ortho intramolecular Hbond substituents is 1. The molecule has 2 N–H and O–H groups in total. The average Bonchev–Trinajstić information content (AvgIpc) is 2.55. The highest BCUT2D eigenvalue weighted by atomic mass is 17.1. The highest BCUT2D eigenvalue weighted by Crippen LogP contribution is 2.43.